The van der Waals surface area contributed by atoms with E-state index >= 15 is 0 Å². The zero-order valence-electron chi connectivity index (χ0n) is 15.4. The van der Waals surface area contributed by atoms with E-state index < -0.39 is 0 Å². The van der Waals surface area contributed by atoms with Gasteiger partial charge in [0, 0.05) is 24.2 Å². The van der Waals surface area contributed by atoms with E-state index in [4.69, 9.17) is 25.1 Å². The molecule has 27 heavy (non-hydrogen) atoms. The lowest BCUT2D eigenvalue weighted by Crippen LogP contribution is -2.06. The molecule has 2 aromatic heterocycles. The van der Waals surface area contributed by atoms with Crippen molar-refractivity contribution in [1.82, 2.24) is 14.5 Å². The molecule has 0 radical (unpaired) electrons. The van der Waals surface area contributed by atoms with E-state index in [1.54, 1.807) is 26.6 Å². The van der Waals surface area contributed by atoms with Gasteiger partial charge in [0.2, 0.25) is 0 Å². The molecule has 3 aromatic rings. The summed E-state index contributed by atoms with van der Waals surface area (Å²) in [6, 6.07) is 7.81. The molecule has 0 atom stereocenters. The van der Waals surface area contributed by atoms with Gasteiger partial charge in [0.1, 0.15) is 11.6 Å². The molecule has 0 fully saturated rings. The SMILES string of the molecule is COc1cc(C)cc(-c2nccn2Cc2cccnc2N)c1OC.O=CO. The average molecular weight is 370 g/mol. The maximum Gasteiger partial charge on any atom is 0.290 e. The fraction of sp³-hybridized carbons (Fsp3) is 0.211. The predicted molar refractivity (Wildman–Crippen MR) is 102 cm³/mol. The molecule has 2 heterocycles. The van der Waals surface area contributed by atoms with Crippen molar-refractivity contribution in [3.8, 4) is 22.9 Å². The zero-order chi connectivity index (χ0) is 19.8. The topological polar surface area (TPSA) is 112 Å². The molecule has 0 saturated heterocycles. The zero-order valence-corrected chi connectivity index (χ0v) is 15.4. The van der Waals surface area contributed by atoms with E-state index in [9.17, 15) is 0 Å². The van der Waals surface area contributed by atoms with Crippen LogP contribution in [-0.2, 0) is 11.3 Å². The molecule has 1 aromatic carbocycles. The fourth-order valence-corrected chi connectivity index (χ4v) is 2.72. The van der Waals surface area contributed by atoms with Crippen molar-refractivity contribution < 1.29 is 19.4 Å². The lowest BCUT2D eigenvalue weighted by molar-refractivity contribution is -0.122. The third-order valence-electron chi connectivity index (χ3n) is 3.85. The summed E-state index contributed by atoms with van der Waals surface area (Å²) in [5.74, 6) is 2.65. The largest absolute Gasteiger partial charge is 0.493 e. The summed E-state index contributed by atoms with van der Waals surface area (Å²) in [6.07, 6.45) is 5.36. The Morgan fingerprint density at radius 1 is 1.22 bits per heavy atom. The van der Waals surface area contributed by atoms with Crippen LogP contribution < -0.4 is 15.2 Å². The molecule has 8 nitrogen and oxygen atoms in total. The number of pyridine rings is 1. The molecule has 8 heteroatoms. The molecule has 142 valence electrons. The summed E-state index contributed by atoms with van der Waals surface area (Å²) in [5, 5.41) is 6.89. The third-order valence-corrected chi connectivity index (χ3v) is 3.85. The summed E-state index contributed by atoms with van der Waals surface area (Å²) < 4.78 is 13.0. The monoisotopic (exact) mass is 370 g/mol. The molecular weight excluding hydrogens is 348 g/mol. The van der Waals surface area contributed by atoms with Crippen LogP contribution >= 0.6 is 0 Å². The summed E-state index contributed by atoms with van der Waals surface area (Å²) in [4.78, 5) is 17.0. The average Bonchev–Trinajstić information content (AvgIpc) is 3.11. The molecule has 0 aliphatic carbocycles. The number of benzene rings is 1. The van der Waals surface area contributed by atoms with Crippen LogP contribution in [0.5, 0.6) is 11.5 Å². The number of anilines is 1. The molecular formula is C19H22N4O4. The van der Waals surface area contributed by atoms with Crippen LogP contribution in [0.25, 0.3) is 11.4 Å². The number of rotatable bonds is 5. The van der Waals surface area contributed by atoms with E-state index in [-0.39, 0.29) is 6.47 Å². The molecule has 0 aliphatic rings. The van der Waals surface area contributed by atoms with Crippen LogP contribution in [-0.4, -0.2) is 40.3 Å². The summed E-state index contributed by atoms with van der Waals surface area (Å²) >= 11 is 0. The smallest absolute Gasteiger partial charge is 0.290 e. The Bertz CT molecular complexity index is 908. The van der Waals surface area contributed by atoms with Gasteiger partial charge in [-0.3, -0.25) is 4.79 Å². The number of methoxy groups -OCH3 is 2. The summed E-state index contributed by atoms with van der Waals surface area (Å²) in [7, 11) is 3.26. The molecule has 0 unspecified atom stereocenters. The Morgan fingerprint density at radius 3 is 2.59 bits per heavy atom. The highest BCUT2D eigenvalue weighted by atomic mass is 16.5. The number of carboxylic acid groups (broad SMARTS) is 1. The minimum atomic E-state index is -0.250. The minimum absolute atomic E-state index is 0.250. The first-order chi connectivity index (χ1) is 13.0. The second kappa shape index (κ2) is 9.23. The van der Waals surface area contributed by atoms with Gasteiger partial charge in [0.05, 0.1) is 26.3 Å². The van der Waals surface area contributed by atoms with E-state index in [2.05, 4.69) is 9.97 Å². The number of nitrogens with zero attached hydrogens (tertiary/aromatic N) is 3. The van der Waals surface area contributed by atoms with Crippen LogP contribution in [0.4, 0.5) is 5.82 Å². The molecule has 0 bridgehead atoms. The lowest BCUT2D eigenvalue weighted by atomic mass is 10.1. The van der Waals surface area contributed by atoms with Crippen molar-refractivity contribution in [2.24, 2.45) is 0 Å². The van der Waals surface area contributed by atoms with Gasteiger partial charge in [-0.15, -0.1) is 0 Å². The Morgan fingerprint density at radius 2 is 1.96 bits per heavy atom. The molecule has 0 aliphatic heterocycles. The van der Waals surface area contributed by atoms with E-state index in [1.165, 1.54) is 0 Å². The van der Waals surface area contributed by atoms with Crippen molar-refractivity contribution in [1.29, 1.82) is 0 Å². The molecule has 0 saturated carbocycles. The van der Waals surface area contributed by atoms with Crippen molar-refractivity contribution in [2.75, 3.05) is 20.0 Å². The minimum Gasteiger partial charge on any atom is -0.493 e. The number of carbonyl (C=O) groups is 1. The van der Waals surface area contributed by atoms with Crippen LogP contribution in [0.3, 0.4) is 0 Å². The molecule has 3 N–H and O–H groups in total. The van der Waals surface area contributed by atoms with Gasteiger partial charge in [-0.2, -0.15) is 0 Å². The highest BCUT2D eigenvalue weighted by molar-refractivity contribution is 5.70. The standard InChI is InChI=1S/C18H20N4O2.CH2O2/c1-12-9-14(16(24-3)15(10-12)23-2)18-21-7-8-22(18)11-13-5-4-6-20-17(13)19;2-1-3/h4-10H,11H2,1-3H3,(H2,19,20);1H,(H,2,3). The van der Waals surface area contributed by atoms with Crippen molar-refractivity contribution in [3.63, 3.8) is 0 Å². The first-order valence-corrected chi connectivity index (χ1v) is 8.07. The quantitative estimate of drug-likeness (QED) is 0.664. The fourth-order valence-electron chi connectivity index (χ4n) is 2.72. The van der Waals surface area contributed by atoms with Crippen molar-refractivity contribution in [3.05, 3.63) is 54.0 Å². The van der Waals surface area contributed by atoms with Gasteiger partial charge in [-0.1, -0.05) is 6.07 Å². The second-order valence-electron chi connectivity index (χ2n) is 5.58. The first-order valence-electron chi connectivity index (χ1n) is 8.07. The Labute approximate surface area is 157 Å². The number of aromatic nitrogens is 3. The van der Waals surface area contributed by atoms with Gasteiger partial charge in [0.25, 0.3) is 6.47 Å². The van der Waals surface area contributed by atoms with Gasteiger partial charge < -0.3 is 24.9 Å². The van der Waals surface area contributed by atoms with Gasteiger partial charge in [0.15, 0.2) is 11.5 Å². The summed E-state index contributed by atoms with van der Waals surface area (Å²) in [6.45, 7) is 2.34. The molecule has 0 amide bonds. The number of ether oxygens (including phenoxy) is 2. The van der Waals surface area contributed by atoms with Crippen LogP contribution in [0.1, 0.15) is 11.1 Å². The van der Waals surface area contributed by atoms with Gasteiger partial charge >= 0.3 is 0 Å². The maximum atomic E-state index is 8.36. The predicted octanol–water partition coefficient (Wildman–Crippen LogP) is 2.60. The maximum absolute atomic E-state index is 8.36. The first kappa shape index (κ1) is 19.8. The normalized spacial score (nSPS) is 9.89. The van der Waals surface area contributed by atoms with E-state index in [0.717, 1.165) is 22.5 Å². The van der Waals surface area contributed by atoms with Crippen LogP contribution in [0, 0.1) is 6.92 Å². The number of nitrogens with two attached hydrogens (primary N) is 1. The molecule has 3 rings (SSSR count). The van der Waals surface area contributed by atoms with Crippen molar-refractivity contribution >= 4 is 12.3 Å². The van der Waals surface area contributed by atoms with E-state index in [1.807, 2.05) is 42.0 Å². The van der Waals surface area contributed by atoms with Gasteiger partial charge in [-0.25, -0.2) is 9.97 Å². The number of nitrogen functional groups attached to an aromatic ring is 1. The third kappa shape index (κ3) is 4.55. The highest BCUT2D eigenvalue weighted by Gasteiger charge is 2.17. The lowest BCUT2D eigenvalue weighted by Gasteiger charge is -2.15. The molecule has 0 spiro atoms. The number of hydrogen-bond acceptors (Lipinski definition) is 6. The van der Waals surface area contributed by atoms with Crippen LogP contribution in [0.2, 0.25) is 0 Å². The van der Waals surface area contributed by atoms with Gasteiger partial charge in [-0.05, 0) is 30.7 Å². The number of imidazole rings is 1. The van der Waals surface area contributed by atoms with E-state index in [0.29, 0.717) is 23.9 Å². The Balaban J connectivity index is 0.000000817. The van der Waals surface area contributed by atoms with Crippen LogP contribution in [0.15, 0.2) is 42.9 Å². The Kier molecular flexibility index (Phi) is 6.76. The van der Waals surface area contributed by atoms with Crippen molar-refractivity contribution in [2.45, 2.75) is 13.5 Å². The summed E-state index contributed by atoms with van der Waals surface area (Å²) in [5.41, 5.74) is 8.85. The number of aryl methyl sites for hydroxylation is 1. The Hall–Kier alpha value is -3.55. The second-order valence-corrected chi connectivity index (χ2v) is 5.58. The highest BCUT2D eigenvalue weighted by Crippen LogP contribution is 2.38. The number of hydrogen-bond donors (Lipinski definition) is 2.